The molecule has 5 aromatic rings. The van der Waals surface area contributed by atoms with E-state index in [1.165, 1.54) is 35.4 Å². The summed E-state index contributed by atoms with van der Waals surface area (Å²) in [5.41, 5.74) is 6.20. The second kappa shape index (κ2) is 10.6. The number of hydrogen-bond acceptors (Lipinski definition) is 4. The first-order valence-electron chi connectivity index (χ1n) is 12.0. The van der Waals surface area contributed by atoms with Crippen molar-refractivity contribution in [1.82, 2.24) is 14.8 Å². The highest BCUT2D eigenvalue weighted by Crippen LogP contribution is 2.41. The first-order valence-corrected chi connectivity index (χ1v) is 12.0. The lowest BCUT2D eigenvalue weighted by Crippen LogP contribution is -2.18. The fourth-order valence-corrected chi connectivity index (χ4v) is 4.41. The van der Waals surface area contributed by atoms with E-state index in [2.05, 4.69) is 33.3 Å². The average Bonchev–Trinajstić information content (AvgIpc) is 3.66. The summed E-state index contributed by atoms with van der Waals surface area (Å²) in [6.07, 6.45) is 6.12. The number of oxazole rings is 1. The third kappa shape index (κ3) is 5.51. The zero-order valence-corrected chi connectivity index (χ0v) is 20.6. The van der Waals surface area contributed by atoms with Gasteiger partial charge in [-0.3, -0.25) is 0 Å². The van der Waals surface area contributed by atoms with Gasteiger partial charge < -0.3 is 9.32 Å². The summed E-state index contributed by atoms with van der Waals surface area (Å²) < 4.78 is 33.2. The van der Waals surface area contributed by atoms with Gasteiger partial charge in [-0.1, -0.05) is 30.3 Å². The van der Waals surface area contributed by atoms with E-state index >= 15 is 0 Å². The fraction of sp³-hybridized carbons (Fsp3) is 0.133. The van der Waals surface area contributed by atoms with Crippen molar-refractivity contribution in [3.05, 3.63) is 138 Å². The summed E-state index contributed by atoms with van der Waals surface area (Å²) in [4.78, 5) is 6.39. The van der Waals surface area contributed by atoms with Gasteiger partial charge in [0.2, 0.25) is 5.89 Å². The van der Waals surface area contributed by atoms with Crippen LogP contribution in [0, 0.1) is 25.5 Å². The molecule has 1 aliphatic rings. The van der Waals surface area contributed by atoms with Crippen molar-refractivity contribution in [3.63, 3.8) is 0 Å². The molecule has 3 heterocycles. The minimum absolute atomic E-state index is 0.0225. The maximum atomic E-state index is 13.2. The molecule has 0 bridgehead atoms. The van der Waals surface area contributed by atoms with Gasteiger partial charge in [-0.05, 0) is 79.6 Å². The quantitative estimate of drug-likeness (QED) is 0.260. The topological polar surface area (TPSA) is 47.1 Å². The smallest absolute Gasteiger partial charge is 0.217 e. The average molecular weight is 497 g/mol. The molecule has 0 amide bonds. The van der Waals surface area contributed by atoms with E-state index in [0.29, 0.717) is 5.89 Å². The van der Waals surface area contributed by atoms with E-state index in [-0.39, 0.29) is 17.7 Å². The molecular weight excluding hydrogens is 470 g/mol. The van der Waals surface area contributed by atoms with Crippen molar-refractivity contribution < 1.29 is 13.2 Å². The Hall–Kier alpha value is -4.52. The molecule has 0 spiro atoms. The fourth-order valence-electron chi connectivity index (χ4n) is 4.41. The molecule has 186 valence electrons. The van der Waals surface area contributed by atoms with Crippen LogP contribution < -0.4 is 4.90 Å². The largest absolute Gasteiger partial charge is 0.447 e. The Labute approximate surface area is 214 Å². The molecule has 0 radical (unpaired) electrons. The Bertz CT molecular complexity index is 1480. The third-order valence-corrected chi connectivity index (χ3v) is 6.13. The molecule has 0 N–H and O–H groups in total. The van der Waals surface area contributed by atoms with Crippen molar-refractivity contribution in [2.75, 3.05) is 4.90 Å². The van der Waals surface area contributed by atoms with Crippen molar-refractivity contribution in [3.8, 4) is 5.69 Å². The van der Waals surface area contributed by atoms with Crippen LogP contribution in [0.2, 0.25) is 0 Å². The molecule has 37 heavy (non-hydrogen) atoms. The Kier molecular flexibility index (Phi) is 6.94. The number of aryl methyl sites for hydroxylation is 2. The van der Waals surface area contributed by atoms with E-state index in [0.717, 1.165) is 29.2 Å². The van der Waals surface area contributed by atoms with Crippen LogP contribution in [0.3, 0.4) is 0 Å². The minimum atomic E-state index is -0.243. The first-order chi connectivity index (χ1) is 18.0. The van der Waals surface area contributed by atoms with Crippen LogP contribution in [0.15, 0.2) is 108 Å². The molecule has 3 aromatic carbocycles. The number of aromatic nitrogens is 3. The summed E-state index contributed by atoms with van der Waals surface area (Å²) in [5.74, 6) is 0.194. The lowest BCUT2D eigenvalue weighted by atomic mass is 10.0. The number of hydrogen-bond donors (Lipinski definition) is 0. The predicted molar refractivity (Wildman–Crippen MR) is 140 cm³/mol. The van der Waals surface area contributed by atoms with Gasteiger partial charge in [0.1, 0.15) is 23.9 Å². The Morgan fingerprint density at radius 3 is 2.05 bits per heavy atom. The SMILES string of the molecule is Cc1cc(C)n(-c2ccc(F)cc2)n1.Fc1ccc(N2C=C(c3ccccc3)CC2c2ncco2)cc1. The lowest BCUT2D eigenvalue weighted by Gasteiger charge is -2.23. The highest BCUT2D eigenvalue weighted by atomic mass is 19.1. The Morgan fingerprint density at radius 1 is 0.838 bits per heavy atom. The van der Waals surface area contributed by atoms with E-state index in [1.54, 1.807) is 41.4 Å². The second-order valence-electron chi connectivity index (χ2n) is 8.81. The van der Waals surface area contributed by atoms with E-state index in [1.807, 2.05) is 38.1 Å². The van der Waals surface area contributed by atoms with Crippen molar-refractivity contribution in [1.29, 1.82) is 0 Å². The van der Waals surface area contributed by atoms with Gasteiger partial charge in [-0.15, -0.1) is 0 Å². The van der Waals surface area contributed by atoms with Gasteiger partial charge in [0.25, 0.3) is 0 Å². The van der Waals surface area contributed by atoms with Crippen LogP contribution in [0.25, 0.3) is 11.3 Å². The highest BCUT2D eigenvalue weighted by Gasteiger charge is 2.30. The summed E-state index contributed by atoms with van der Waals surface area (Å²) in [6, 6.07) is 25.0. The molecule has 7 heteroatoms. The molecule has 5 nitrogen and oxygen atoms in total. The molecule has 6 rings (SSSR count). The molecular formula is C30H26F2N4O. The van der Waals surface area contributed by atoms with Crippen LogP contribution in [0.4, 0.5) is 14.5 Å². The van der Waals surface area contributed by atoms with Gasteiger partial charge in [-0.2, -0.15) is 5.10 Å². The molecule has 0 saturated heterocycles. The summed E-state index contributed by atoms with van der Waals surface area (Å²) >= 11 is 0. The summed E-state index contributed by atoms with van der Waals surface area (Å²) in [7, 11) is 0. The number of nitrogens with zero attached hydrogens (tertiary/aromatic N) is 4. The van der Waals surface area contributed by atoms with Crippen molar-refractivity contribution in [2.24, 2.45) is 0 Å². The number of anilines is 1. The monoisotopic (exact) mass is 496 g/mol. The third-order valence-electron chi connectivity index (χ3n) is 6.13. The Morgan fingerprint density at radius 2 is 1.49 bits per heavy atom. The zero-order chi connectivity index (χ0) is 25.8. The van der Waals surface area contributed by atoms with Crippen molar-refractivity contribution in [2.45, 2.75) is 26.3 Å². The van der Waals surface area contributed by atoms with Crippen LogP contribution in [-0.2, 0) is 0 Å². The normalized spacial score (nSPS) is 14.8. The van der Waals surface area contributed by atoms with Gasteiger partial charge in [0.05, 0.1) is 17.6 Å². The van der Waals surface area contributed by atoms with Crippen molar-refractivity contribution >= 4 is 11.3 Å². The van der Waals surface area contributed by atoms with E-state index < -0.39 is 0 Å². The van der Waals surface area contributed by atoms with Gasteiger partial charge >= 0.3 is 0 Å². The van der Waals surface area contributed by atoms with E-state index in [4.69, 9.17) is 4.42 Å². The standard InChI is InChI=1S/C19H15FN2O.C11H11FN2/c20-16-6-8-17(9-7-16)22-13-15(14-4-2-1-3-5-14)12-18(22)19-21-10-11-23-19;1-8-7-9(2)14(13-8)11-5-3-10(12)4-6-11/h1-11,13,18H,12H2;3-7H,1-2H3. The first kappa shape index (κ1) is 24.2. The maximum absolute atomic E-state index is 13.2. The number of halogens is 2. The highest BCUT2D eigenvalue weighted by molar-refractivity contribution is 5.74. The van der Waals surface area contributed by atoms with Crippen LogP contribution in [-0.4, -0.2) is 14.8 Å². The zero-order valence-electron chi connectivity index (χ0n) is 20.6. The van der Waals surface area contributed by atoms with Gasteiger partial charge in [0.15, 0.2) is 0 Å². The molecule has 0 fully saturated rings. The van der Waals surface area contributed by atoms with Crippen LogP contribution >= 0.6 is 0 Å². The molecule has 1 aliphatic heterocycles. The maximum Gasteiger partial charge on any atom is 0.217 e. The number of rotatable bonds is 4. The summed E-state index contributed by atoms with van der Waals surface area (Å²) in [6.45, 7) is 3.91. The molecule has 1 atom stereocenters. The summed E-state index contributed by atoms with van der Waals surface area (Å²) in [5, 5.41) is 4.30. The lowest BCUT2D eigenvalue weighted by molar-refractivity contribution is 0.454. The second-order valence-corrected chi connectivity index (χ2v) is 8.81. The minimum Gasteiger partial charge on any atom is -0.447 e. The molecule has 1 unspecified atom stereocenters. The van der Waals surface area contributed by atoms with Gasteiger partial charge in [-0.25, -0.2) is 18.4 Å². The molecule has 0 saturated carbocycles. The van der Waals surface area contributed by atoms with E-state index in [9.17, 15) is 8.78 Å². The Balaban J connectivity index is 0.000000171. The number of benzene rings is 3. The van der Waals surface area contributed by atoms with Gasteiger partial charge in [0, 0.05) is 24.0 Å². The van der Waals surface area contributed by atoms with Crippen LogP contribution in [0.5, 0.6) is 0 Å². The molecule has 0 aliphatic carbocycles. The predicted octanol–water partition coefficient (Wildman–Crippen LogP) is 7.43. The van der Waals surface area contributed by atoms with Crippen LogP contribution in [0.1, 0.15) is 35.3 Å². The molecule has 2 aromatic heterocycles.